The summed E-state index contributed by atoms with van der Waals surface area (Å²) in [4.78, 5) is 13.1. The van der Waals surface area contributed by atoms with Crippen LogP contribution in [0.3, 0.4) is 0 Å². The minimum absolute atomic E-state index is 0.154. The lowest BCUT2D eigenvalue weighted by atomic mass is 9.69. The van der Waals surface area contributed by atoms with Crippen LogP contribution in [-0.2, 0) is 14.0 Å². The van der Waals surface area contributed by atoms with Gasteiger partial charge in [-0.2, -0.15) is 0 Å². The van der Waals surface area contributed by atoms with Crippen LogP contribution in [0.5, 0.6) is 0 Å². The summed E-state index contributed by atoms with van der Waals surface area (Å²) in [6.45, 7) is 11.5. The SMILES string of the molecule is CC(C)(C)OC(=O)N1CC(B2OC(C)(C)C(C)(C)O2)C(F)(F)C1. The molecule has 0 spiro atoms. The van der Waals surface area contributed by atoms with Crippen molar-refractivity contribution in [3.8, 4) is 0 Å². The Kier molecular flexibility index (Phi) is 4.26. The minimum Gasteiger partial charge on any atom is -0.444 e. The predicted molar refractivity (Wildman–Crippen MR) is 82.6 cm³/mol. The van der Waals surface area contributed by atoms with Crippen molar-refractivity contribution in [2.75, 3.05) is 13.1 Å². The number of rotatable bonds is 1. The molecule has 8 heteroatoms. The number of carbonyl (C=O) groups is 1. The number of amides is 1. The van der Waals surface area contributed by atoms with Crippen molar-refractivity contribution in [2.24, 2.45) is 0 Å². The first-order chi connectivity index (χ1) is 10.1. The quantitative estimate of drug-likeness (QED) is 0.691. The van der Waals surface area contributed by atoms with E-state index < -0.39 is 48.3 Å². The van der Waals surface area contributed by atoms with E-state index in [1.807, 2.05) is 27.7 Å². The molecule has 2 aliphatic heterocycles. The molecule has 0 saturated carbocycles. The summed E-state index contributed by atoms with van der Waals surface area (Å²) in [6, 6.07) is 0. The van der Waals surface area contributed by atoms with Gasteiger partial charge in [-0.3, -0.25) is 0 Å². The van der Waals surface area contributed by atoms with Crippen LogP contribution in [0, 0.1) is 0 Å². The number of halogens is 2. The molecular weight excluding hydrogens is 307 g/mol. The molecule has 5 nitrogen and oxygen atoms in total. The topological polar surface area (TPSA) is 48.0 Å². The molecule has 2 aliphatic rings. The maximum atomic E-state index is 14.4. The Hall–Kier alpha value is -0.885. The highest BCUT2D eigenvalue weighted by molar-refractivity contribution is 6.48. The second kappa shape index (κ2) is 5.31. The van der Waals surface area contributed by atoms with E-state index in [9.17, 15) is 13.6 Å². The minimum atomic E-state index is -3.09. The van der Waals surface area contributed by atoms with Gasteiger partial charge in [0.25, 0.3) is 5.92 Å². The Balaban J connectivity index is 2.11. The predicted octanol–water partition coefficient (Wildman–Crippen LogP) is 3.33. The Labute approximate surface area is 136 Å². The van der Waals surface area contributed by atoms with Crippen LogP contribution in [0.4, 0.5) is 13.6 Å². The zero-order valence-electron chi connectivity index (χ0n) is 14.9. The largest absolute Gasteiger partial charge is 0.469 e. The lowest BCUT2D eigenvalue weighted by Crippen LogP contribution is -2.41. The molecule has 2 heterocycles. The summed E-state index contributed by atoms with van der Waals surface area (Å²) in [5, 5.41) is 0. The molecule has 2 saturated heterocycles. The second-order valence-corrected chi connectivity index (χ2v) is 8.35. The highest BCUT2D eigenvalue weighted by Crippen LogP contribution is 2.47. The monoisotopic (exact) mass is 333 g/mol. The maximum absolute atomic E-state index is 14.4. The summed E-state index contributed by atoms with van der Waals surface area (Å²) < 4.78 is 45.4. The third kappa shape index (κ3) is 3.63. The van der Waals surface area contributed by atoms with Crippen molar-refractivity contribution >= 4 is 13.2 Å². The molecule has 0 bridgehead atoms. The Morgan fingerprint density at radius 1 is 1.17 bits per heavy atom. The van der Waals surface area contributed by atoms with E-state index in [4.69, 9.17) is 14.0 Å². The summed E-state index contributed by atoms with van der Waals surface area (Å²) in [7, 11) is -1.05. The third-order valence-corrected chi connectivity index (χ3v) is 4.61. The van der Waals surface area contributed by atoms with E-state index in [1.54, 1.807) is 20.8 Å². The fraction of sp³-hybridized carbons (Fsp3) is 0.933. The van der Waals surface area contributed by atoms with Gasteiger partial charge in [0.05, 0.1) is 23.6 Å². The van der Waals surface area contributed by atoms with Gasteiger partial charge >= 0.3 is 13.2 Å². The van der Waals surface area contributed by atoms with Crippen molar-refractivity contribution < 1.29 is 27.6 Å². The number of alkyl halides is 2. The molecular formula is C15H26BF2NO4. The third-order valence-electron chi connectivity index (χ3n) is 4.61. The van der Waals surface area contributed by atoms with Gasteiger partial charge in [-0.05, 0) is 48.5 Å². The van der Waals surface area contributed by atoms with Crippen LogP contribution in [0.15, 0.2) is 0 Å². The normalized spacial score (nSPS) is 29.0. The molecule has 23 heavy (non-hydrogen) atoms. The van der Waals surface area contributed by atoms with Gasteiger partial charge in [-0.15, -0.1) is 0 Å². The molecule has 2 fully saturated rings. The molecule has 0 aromatic heterocycles. The summed E-state index contributed by atoms with van der Waals surface area (Å²) in [5.74, 6) is -4.30. The second-order valence-electron chi connectivity index (χ2n) is 8.35. The lowest BCUT2D eigenvalue weighted by molar-refractivity contribution is -0.00611. The maximum Gasteiger partial charge on any atom is 0.469 e. The van der Waals surface area contributed by atoms with Gasteiger partial charge in [0.1, 0.15) is 5.60 Å². The number of carbonyl (C=O) groups excluding carboxylic acids is 1. The first-order valence-electron chi connectivity index (χ1n) is 7.86. The van der Waals surface area contributed by atoms with Crippen LogP contribution < -0.4 is 0 Å². The Morgan fingerprint density at radius 3 is 2.09 bits per heavy atom. The van der Waals surface area contributed by atoms with Crippen molar-refractivity contribution in [2.45, 2.75) is 77.0 Å². The first kappa shape index (κ1) is 18.5. The van der Waals surface area contributed by atoms with Crippen molar-refractivity contribution in [1.29, 1.82) is 0 Å². The number of nitrogens with zero attached hydrogens (tertiary/aromatic N) is 1. The number of hydrogen-bond donors (Lipinski definition) is 0. The highest BCUT2D eigenvalue weighted by Gasteiger charge is 2.63. The van der Waals surface area contributed by atoms with Crippen LogP contribution in [0.25, 0.3) is 0 Å². The van der Waals surface area contributed by atoms with E-state index >= 15 is 0 Å². The summed E-state index contributed by atoms with van der Waals surface area (Å²) in [6.07, 6.45) is -0.740. The zero-order valence-corrected chi connectivity index (χ0v) is 14.9. The summed E-state index contributed by atoms with van der Waals surface area (Å²) in [5.41, 5.74) is -2.10. The van der Waals surface area contributed by atoms with Gasteiger partial charge in [0.15, 0.2) is 0 Å². The smallest absolute Gasteiger partial charge is 0.444 e. The van der Waals surface area contributed by atoms with Gasteiger partial charge in [-0.1, -0.05) is 0 Å². The molecule has 0 aromatic carbocycles. The van der Waals surface area contributed by atoms with E-state index in [2.05, 4.69) is 0 Å². The van der Waals surface area contributed by atoms with Crippen LogP contribution in [0.1, 0.15) is 48.5 Å². The average molecular weight is 333 g/mol. The van der Waals surface area contributed by atoms with Crippen LogP contribution in [-0.4, -0.2) is 53.9 Å². The lowest BCUT2D eigenvalue weighted by Gasteiger charge is -2.32. The standard InChI is InChI=1S/C15H26BF2NO4/c1-12(2,3)21-11(20)19-8-10(15(17,18)9-19)16-22-13(4,5)14(6,7)23-16/h10H,8-9H2,1-7H3. The van der Waals surface area contributed by atoms with Gasteiger partial charge < -0.3 is 18.9 Å². The fourth-order valence-corrected chi connectivity index (χ4v) is 2.61. The number of hydrogen-bond acceptors (Lipinski definition) is 4. The average Bonchev–Trinajstić information content (AvgIpc) is 2.70. The molecule has 0 aliphatic carbocycles. The first-order valence-corrected chi connectivity index (χ1v) is 7.86. The summed E-state index contributed by atoms with van der Waals surface area (Å²) >= 11 is 0. The van der Waals surface area contributed by atoms with Crippen molar-refractivity contribution in [3.05, 3.63) is 0 Å². The number of likely N-dealkylation sites (tertiary alicyclic amines) is 1. The molecule has 1 unspecified atom stereocenters. The molecule has 0 N–H and O–H groups in total. The molecule has 2 rings (SSSR count). The van der Waals surface area contributed by atoms with Gasteiger partial charge in [0.2, 0.25) is 0 Å². The van der Waals surface area contributed by atoms with Crippen molar-refractivity contribution in [1.82, 2.24) is 4.90 Å². The van der Waals surface area contributed by atoms with Gasteiger partial charge in [-0.25, -0.2) is 13.6 Å². The fourth-order valence-electron chi connectivity index (χ4n) is 2.61. The Bertz CT molecular complexity index is 474. The van der Waals surface area contributed by atoms with E-state index in [1.165, 1.54) is 0 Å². The van der Waals surface area contributed by atoms with Crippen molar-refractivity contribution in [3.63, 3.8) is 0 Å². The van der Waals surface area contributed by atoms with Gasteiger partial charge in [0, 0.05) is 6.54 Å². The van der Waals surface area contributed by atoms with Crippen LogP contribution >= 0.6 is 0 Å². The number of ether oxygens (including phenoxy) is 1. The molecule has 0 radical (unpaired) electrons. The van der Waals surface area contributed by atoms with E-state index in [-0.39, 0.29) is 6.54 Å². The van der Waals surface area contributed by atoms with Crippen LogP contribution in [0.2, 0.25) is 5.82 Å². The van der Waals surface area contributed by atoms with E-state index in [0.29, 0.717) is 0 Å². The molecule has 1 amide bonds. The molecule has 0 aromatic rings. The Morgan fingerprint density at radius 2 is 1.65 bits per heavy atom. The highest BCUT2D eigenvalue weighted by atomic mass is 19.3. The molecule has 1 atom stereocenters. The van der Waals surface area contributed by atoms with E-state index in [0.717, 1.165) is 4.90 Å². The zero-order chi connectivity index (χ0) is 17.8. The molecule has 132 valence electrons.